The van der Waals surface area contributed by atoms with Gasteiger partial charge in [-0.15, -0.1) is 0 Å². The number of nitrogens with two attached hydrogens (primary N) is 1. The normalized spacial score (nSPS) is 32.9. The highest BCUT2D eigenvalue weighted by atomic mass is 35.5. The van der Waals surface area contributed by atoms with Crippen LogP contribution in [0.25, 0.3) is 0 Å². The third-order valence-corrected chi connectivity index (χ3v) is 7.04. The zero-order chi connectivity index (χ0) is 19.3. The van der Waals surface area contributed by atoms with Crippen molar-refractivity contribution >= 4 is 40.7 Å². The summed E-state index contributed by atoms with van der Waals surface area (Å²) in [6.07, 6.45) is 1.41. The van der Waals surface area contributed by atoms with E-state index in [0.29, 0.717) is 21.5 Å². The number of carbonyl (C=O) groups is 1. The van der Waals surface area contributed by atoms with Crippen LogP contribution < -0.4 is 11.1 Å². The van der Waals surface area contributed by atoms with Gasteiger partial charge in [0.1, 0.15) is 5.54 Å². The summed E-state index contributed by atoms with van der Waals surface area (Å²) in [5.74, 6) is 0.109. The second kappa shape index (κ2) is 6.97. The lowest BCUT2D eigenvalue weighted by Gasteiger charge is -2.46. The van der Waals surface area contributed by atoms with Crippen LogP contribution in [0.2, 0.25) is 15.1 Å². The fourth-order valence-electron chi connectivity index (χ4n) is 5.04. The van der Waals surface area contributed by atoms with E-state index in [4.69, 9.17) is 40.5 Å². The molecular formula is C21H21Cl3N2O. The molecule has 6 heteroatoms. The van der Waals surface area contributed by atoms with E-state index in [1.165, 1.54) is 0 Å². The quantitative estimate of drug-likeness (QED) is 0.702. The minimum atomic E-state index is -0.862. The summed E-state index contributed by atoms with van der Waals surface area (Å²) in [5.41, 5.74) is 7.98. The van der Waals surface area contributed by atoms with E-state index in [0.717, 1.165) is 17.5 Å². The molecule has 2 aliphatic rings. The van der Waals surface area contributed by atoms with Gasteiger partial charge in [0, 0.05) is 27.0 Å². The lowest BCUT2D eigenvalue weighted by Crippen LogP contribution is -2.56. The first-order valence-electron chi connectivity index (χ1n) is 9.11. The molecule has 0 radical (unpaired) electrons. The van der Waals surface area contributed by atoms with Crippen LogP contribution in [0.5, 0.6) is 0 Å². The first-order valence-corrected chi connectivity index (χ1v) is 10.2. The van der Waals surface area contributed by atoms with Crippen LogP contribution in [0.4, 0.5) is 0 Å². The Bertz CT molecular complexity index is 885. The molecule has 1 aliphatic heterocycles. The number of rotatable bonds is 2. The number of fused-ring (bicyclic) bond motifs is 1. The van der Waals surface area contributed by atoms with Gasteiger partial charge in [-0.2, -0.15) is 0 Å². The first-order chi connectivity index (χ1) is 12.8. The number of halogens is 3. The van der Waals surface area contributed by atoms with Gasteiger partial charge in [-0.25, -0.2) is 0 Å². The molecule has 0 unspecified atom stereocenters. The Morgan fingerprint density at radius 3 is 2.41 bits per heavy atom. The third-order valence-electron chi connectivity index (χ3n) is 6.22. The maximum absolute atomic E-state index is 12.6. The second-order valence-corrected chi connectivity index (χ2v) is 9.00. The van der Waals surface area contributed by atoms with Crippen molar-refractivity contribution in [2.75, 3.05) is 0 Å². The summed E-state index contributed by atoms with van der Waals surface area (Å²) in [7, 11) is 0. The molecule has 1 saturated carbocycles. The van der Waals surface area contributed by atoms with Gasteiger partial charge in [-0.05, 0) is 67.0 Å². The van der Waals surface area contributed by atoms with E-state index < -0.39 is 5.54 Å². The minimum absolute atomic E-state index is 0.0166. The molecule has 27 heavy (non-hydrogen) atoms. The summed E-state index contributed by atoms with van der Waals surface area (Å²) >= 11 is 18.8. The summed E-state index contributed by atoms with van der Waals surface area (Å²) < 4.78 is 0. The maximum atomic E-state index is 12.6. The van der Waals surface area contributed by atoms with Gasteiger partial charge in [-0.3, -0.25) is 4.79 Å². The van der Waals surface area contributed by atoms with Gasteiger partial charge in [-0.1, -0.05) is 53.0 Å². The molecule has 3 nitrogen and oxygen atoms in total. The molecule has 3 N–H and O–H groups in total. The van der Waals surface area contributed by atoms with Gasteiger partial charge < -0.3 is 11.1 Å². The molecule has 5 atom stereocenters. The molecule has 0 bridgehead atoms. The van der Waals surface area contributed by atoms with E-state index in [1.807, 2.05) is 43.3 Å². The SMILES string of the molecule is C[C@H]1NC(=O)[C@]2(N)CC[C@@H](c3ccc(Cl)cc3Cl)[C@H](c3ccc(Cl)cc3)[C@H]12. The molecule has 2 aromatic carbocycles. The Hall–Kier alpha value is -1.26. The van der Waals surface area contributed by atoms with Crippen molar-refractivity contribution in [3.63, 3.8) is 0 Å². The van der Waals surface area contributed by atoms with Gasteiger partial charge in [0.15, 0.2) is 0 Å². The predicted octanol–water partition coefficient (Wildman–Crippen LogP) is 5.14. The Balaban J connectivity index is 1.85. The Morgan fingerprint density at radius 2 is 1.74 bits per heavy atom. The van der Waals surface area contributed by atoms with Crippen LogP contribution in [0, 0.1) is 5.92 Å². The molecule has 2 fully saturated rings. The number of amides is 1. The van der Waals surface area contributed by atoms with Crippen molar-refractivity contribution in [2.24, 2.45) is 11.7 Å². The molecule has 142 valence electrons. The van der Waals surface area contributed by atoms with Crippen molar-refractivity contribution in [1.29, 1.82) is 0 Å². The van der Waals surface area contributed by atoms with E-state index >= 15 is 0 Å². The number of hydrogen-bond donors (Lipinski definition) is 2. The fraction of sp³-hybridized carbons (Fsp3) is 0.381. The lowest BCUT2D eigenvalue weighted by atomic mass is 9.59. The molecule has 0 aromatic heterocycles. The van der Waals surface area contributed by atoms with Crippen LogP contribution in [0.15, 0.2) is 42.5 Å². The molecule has 1 saturated heterocycles. The zero-order valence-electron chi connectivity index (χ0n) is 14.9. The second-order valence-electron chi connectivity index (χ2n) is 7.72. The van der Waals surface area contributed by atoms with Crippen molar-refractivity contribution in [1.82, 2.24) is 5.32 Å². The highest BCUT2D eigenvalue weighted by Gasteiger charge is 2.58. The summed E-state index contributed by atoms with van der Waals surface area (Å²) in [5, 5.41) is 5.01. The third kappa shape index (κ3) is 3.15. The van der Waals surface area contributed by atoms with Crippen molar-refractivity contribution in [2.45, 2.75) is 43.2 Å². The van der Waals surface area contributed by atoms with Gasteiger partial charge in [0.25, 0.3) is 0 Å². The Labute approximate surface area is 174 Å². The van der Waals surface area contributed by atoms with Crippen LogP contribution in [-0.2, 0) is 4.79 Å². The monoisotopic (exact) mass is 422 g/mol. The van der Waals surface area contributed by atoms with E-state index in [2.05, 4.69) is 5.32 Å². The number of benzene rings is 2. The van der Waals surface area contributed by atoms with Crippen molar-refractivity contribution in [3.05, 3.63) is 68.7 Å². The van der Waals surface area contributed by atoms with E-state index in [9.17, 15) is 4.79 Å². The van der Waals surface area contributed by atoms with Gasteiger partial charge in [0.05, 0.1) is 0 Å². The topological polar surface area (TPSA) is 55.1 Å². The molecule has 2 aromatic rings. The number of nitrogens with one attached hydrogen (secondary N) is 1. The molecular weight excluding hydrogens is 403 g/mol. The Morgan fingerprint density at radius 1 is 1.07 bits per heavy atom. The predicted molar refractivity (Wildman–Crippen MR) is 111 cm³/mol. The average Bonchev–Trinajstić information content (AvgIpc) is 2.85. The smallest absolute Gasteiger partial charge is 0.240 e. The zero-order valence-corrected chi connectivity index (χ0v) is 17.2. The van der Waals surface area contributed by atoms with Crippen LogP contribution in [0.3, 0.4) is 0 Å². The standard InChI is InChI=1S/C21H21Cl3N2O/c1-11-19-18(12-2-4-13(22)5-3-12)16(8-9-21(19,25)20(27)26-11)15-7-6-14(23)10-17(15)24/h2-7,10-11,16,18-19H,8-9,25H2,1H3,(H,26,27)/t11-,16+,18+,19+,21+/m1/s1. The number of carbonyl (C=O) groups excluding carboxylic acids is 1. The molecule has 1 aliphatic carbocycles. The summed E-state index contributed by atoms with van der Waals surface area (Å²) in [4.78, 5) is 12.6. The van der Waals surface area contributed by atoms with Crippen LogP contribution >= 0.6 is 34.8 Å². The van der Waals surface area contributed by atoms with E-state index in [1.54, 1.807) is 6.07 Å². The van der Waals surface area contributed by atoms with Crippen LogP contribution in [-0.4, -0.2) is 17.5 Å². The summed E-state index contributed by atoms with van der Waals surface area (Å²) in [6, 6.07) is 13.5. The van der Waals surface area contributed by atoms with Gasteiger partial charge >= 0.3 is 0 Å². The first kappa shape index (κ1) is 19.1. The largest absolute Gasteiger partial charge is 0.352 e. The molecule has 1 heterocycles. The molecule has 0 spiro atoms. The lowest BCUT2D eigenvalue weighted by molar-refractivity contribution is -0.125. The summed E-state index contributed by atoms with van der Waals surface area (Å²) in [6.45, 7) is 2.03. The highest BCUT2D eigenvalue weighted by Crippen LogP contribution is 2.54. The van der Waals surface area contributed by atoms with Crippen LogP contribution in [0.1, 0.15) is 42.7 Å². The van der Waals surface area contributed by atoms with Crippen molar-refractivity contribution < 1.29 is 4.79 Å². The minimum Gasteiger partial charge on any atom is -0.352 e. The van der Waals surface area contributed by atoms with Gasteiger partial charge in [0.2, 0.25) is 5.91 Å². The molecule has 4 rings (SSSR count). The average molecular weight is 424 g/mol. The Kier molecular flexibility index (Phi) is 4.92. The molecule has 1 amide bonds. The van der Waals surface area contributed by atoms with Crippen molar-refractivity contribution in [3.8, 4) is 0 Å². The maximum Gasteiger partial charge on any atom is 0.240 e. The fourth-order valence-corrected chi connectivity index (χ4v) is 5.71. The van der Waals surface area contributed by atoms with E-state index in [-0.39, 0.29) is 29.7 Å². The highest BCUT2D eigenvalue weighted by molar-refractivity contribution is 6.35. The number of hydrogen-bond acceptors (Lipinski definition) is 2.